The third-order valence-corrected chi connectivity index (χ3v) is 5.47. The summed E-state index contributed by atoms with van der Waals surface area (Å²) in [7, 11) is 0. The molecule has 1 atom stereocenters. The fraction of sp³-hybridized carbons (Fsp3) is 0.579. The number of carbonyl (C=O) groups is 1. The fourth-order valence-corrected chi connectivity index (χ4v) is 3.99. The molecule has 2 aromatic rings. The molecule has 0 aliphatic carbocycles. The van der Waals surface area contributed by atoms with Crippen LogP contribution in [0.1, 0.15) is 12.8 Å². The first kappa shape index (κ1) is 17.9. The van der Waals surface area contributed by atoms with E-state index in [-0.39, 0.29) is 5.91 Å². The monoisotopic (exact) mass is 369 g/mol. The number of likely N-dealkylation sites (tertiary alicyclic amines) is 1. The second-order valence-corrected chi connectivity index (χ2v) is 7.42. The summed E-state index contributed by atoms with van der Waals surface area (Å²) in [5, 5.41) is 0. The van der Waals surface area contributed by atoms with Crippen LogP contribution >= 0.6 is 0 Å². The average molecular weight is 369 g/mol. The topological polar surface area (TPSA) is 70.4 Å². The summed E-state index contributed by atoms with van der Waals surface area (Å²) in [6, 6.07) is 1.83. The summed E-state index contributed by atoms with van der Waals surface area (Å²) >= 11 is 0. The smallest absolute Gasteiger partial charge is 0.236 e. The molecule has 2 fully saturated rings. The summed E-state index contributed by atoms with van der Waals surface area (Å²) in [6.45, 7) is 6.67. The van der Waals surface area contributed by atoms with Crippen LogP contribution in [0.4, 0.5) is 5.95 Å². The van der Waals surface area contributed by atoms with Gasteiger partial charge in [0.05, 0.1) is 12.9 Å². The molecule has 8 heteroatoms. The van der Waals surface area contributed by atoms with Crippen molar-refractivity contribution in [3.05, 3.63) is 37.2 Å². The second-order valence-electron chi connectivity index (χ2n) is 7.42. The third-order valence-electron chi connectivity index (χ3n) is 5.47. The lowest BCUT2D eigenvalue weighted by Crippen LogP contribution is -2.51. The van der Waals surface area contributed by atoms with Crippen molar-refractivity contribution in [3.63, 3.8) is 0 Å². The SMILES string of the molecule is O=C(CN1CCN(c2ncccn2)CC1)N1CCC[C@@H](Cn2ccnc2)C1. The van der Waals surface area contributed by atoms with Gasteiger partial charge in [0, 0.05) is 70.6 Å². The van der Waals surface area contributed by atoms with Crippen LogP contribution in [0.25, 0.3) is 0 Å². The van der Waals surface area contributed by atoms with E-state index in [0.717, 1.165) is 58.2 Å². The fourth-order valence-electron chi connectivity index (χ4n) is 3.99. The van der Waals surface area contributed by atoms with Gasteiger partial charge >= 0.3 is 0 Å². The highest BCUT2D eigenvalue weighted by Crippen LogP contribution is 2.19. The number of hydrogen-bond donors (Lipinski definition) is 0. The molecular weight excluding hydrogens is 342 g/mol. The Morgan fingerprint density at radius 3 is 2.63 bits per heavy atom. The van der Waals surface area contributed by atoms with Crippen molar-refractivity contribution in [1.29, 1.82) is 0 Å². The van der Waals surface area contributed by atoms with Crippen molar-refractivity contribution in [3.8, 4) is 0 Å². The van der Waals surface area contributed by atoms with Crippen LogP contribution in [0, 0.1) is 5.92 Å². The lowest BCUT2D eigenvalue weighted by atomic mass is 9.98. The second kappa shape index (κ2) is 8.47. The van der Waals surface area contributed by atoms with Gasteiger partial charge in [0.1, 0.15) is 0 Å². The Balaban J connectivity index is 1.24. The van der Waals surface area contributed by atoms with Gasteiger partial charge in [-0.15, -0.1) is 0 Å². The van der Waals surface area contributed by atoms with E-state index in [9.17, 15) is 4.79 Å². The molecule has 27 heavy (non-hydrogen) atoms. The third kappa shape index (κ3) is 4.63. The van der Waals surface area contributed by atoms with Crippen LogP contribution in [-0.2, 0) is 11.3 Å². The number of imidazole rings is 1. The number of rotatable bonds is 5. The minimum atomic E-state index is 0.259. The minimum absolute atomic E-state index is 0.259. The molecule has 0 spiro atoms. The standard InChI is InChI=1S/C19H27N7O/c27-18(26-7-1-3-17(14-26)13-24-8-6-20-16-24)15-23-9-11-25(12-10-23)19-21-4-2-5-22-19/h2,4-6,8,16-17H,1,3,7,9-15H2/t17-/m0/s1. The van der Waals surface area contributed by atoms with E-state index in [1.165, 1.54) is 6.42 Å². The van der Waals surface area contributed by atoms with Gasteiger partial charge in [0.15, 0.2) is 0 Å². The number of piperidine rings is 1. The van der Waals surface area contributed by atoms with Gasteiger partial charge in [-0.05, 0) is 24.8 Å². The highest BCUT2D eigenvalue weighted by Gasteiger charge is 2.26. The molecule has 0 saturated carbocycles. The predicted octanol–water partition coefficient (Wildman–Crippen LogP) is 0.734. The maximum atomic E-state index is 12.8. The van der Waals surface area contributed by atoms with Crippen LogP contribution in [0.2, 0.25) is 0 Å². The molecule has 0 radical (unpaired) electrons. The predicted molar refractivity (Wildman–Crippen MR) is 102 cm³/mol. The normalized spacial score (nSPS) is 21.4. The first-order chi connectivity index (χ1) is 13.3. The molecule has 2 aliphatic rings. The highest BCUT2D eigenvalue weighted by molar-refractivity contribution is 5.78. The van der Waals surface area contributed by atoms with Crippen LogP contribution in [0.3, 0.4) is 0 Å². The Morgan fingerprint density at radius 2 is 1.89 bits per heavy atom. The Labute approximate surface area is 159 Å². The summed E-state index contributed by atoms with van der Waals surface area (Å²) in [5.41, 5.74) is 0. The Kier molecular flexibility index (Phi) is 5.62. The summed E-state index contributed by atoms with van der Waals surface area (Å²) < 4.78 is 2.11. The van der Waals surface area contributed by atoms with E-state index in [1.54, 1.807) is 12.4 Å². The molecule has 144 valence electrons. The first-order valence-electron chi connectivity index (χ1n) is 9.76. The van der Waals surface area contributed by atoms with Gasteiger partial charge in [-0.3, -0.25) is 9.69 Å². The zero-order valence-electron chi connectivity index (χ0n) is 15.7. The number of aromatic nitrogens is 4. The molecule has 0 unspecified atom stereocenters. The van der Waals surface area contributed by atoms with Gasteiger partial charge in [0.25, 0.3) is 0 Å². The molecule has 0 bridgehead atoms. The van der Waals surface area contributed by atoms with Crippen LogP contribution in [0.15, 0.2) is 37.2 Å². The molecular formula is C19H27N7O. The quantitative estimate of drug-likeness (QED) is 0.774. The number of amides is 1. The van der Waals surface area contributed by atoms with Crippen LogP contribution in [0.5, 0.6) is 0 Å². The number of nitrogens with zero attached hydrogens (tertiary/aromatic N) is 7. The highest BCUT2D eigenvalue weighted by atomic mass is 16.2. The Morgan fingerprint density at radius 1 is 1.07 bits per heavy atom. The molecule has 4 rings (SSSR count). The van der Waals surface area contributed by atoms with Gasteiger partial charge < -0.3 is 14.4 Å². The number of piperazine rings is 1. The summed E-state index contributed by atoms with van der Waals surface area (Å²) in [4.78, 5) is 32.0. The maximum Gasteiger partial charge on any atom is 0.236 e. The molecule has 2 saturated heterocycles. The van der Waals surface area contributed by atoms with E-state index < -0.39 is 0 Å². The molecule has 1 amide bonds. The lowest BCUT2D eigenvalue weighted by Gasteiger charge is -2.37. The molecule has 2 aliphatic heterocycles. The van der Waals surface area contributed by atoms with Crippen molar-refractivity contribution in [2.45, 2.75) is 19.4 Å². The summed E-state index contributed by atoms with van der Waals surface area (Å²) in [6.07, 6.45) is 11.5. The van der Waals surface area contributed by atoms with Crippen molar-refractivity contribution < 1.29 is 4.79 Å². The molecule has 0 N–H and O–H groups in total. The van der Waals surface area contributed by atoms with E-state index in [0.29, 0.717) is 12.5 Å². The molecule has 2 aromatic heterocycles. The zero-order valence-corrected chi connectivity index (χ0v) is 15.7. The molecule has 0 aromatic carbocycles. The Bertz CT molecular complexity index is 713. The first-order valence-corrected chi connectivity index (χ1v) is 9.76. The van der Waals surface area contributed by atoms with E-state index in [4.69, 9.17) is 0 Å². The van der Waals surface area contributed by atoms with E-state index >= 15 is 0 Å². The Hall–Kier alpha value is -2.48. The van der Waals surface area contributed by atoms with Gasteiger partial charge in [-0.2, -0.15) is 0 Å². The van der Waals surface area contributed by atoms with Crippen molar-refractivity contribution >= 4 is 11.9 Å². The number of carbonyl (C=O) groups excluding carboxylic acids is 1. The molecule has 4 heterocycles. The van der Waals surface area contributed by atoms with E-state index in [1.807, 2.05) is 24.8 Å². The maximum absolute atomic E-state index is 12.8. The average Bonchev–Trinajstić information content (AvgIpc) is 3.22. The number of hydrogen-bond acceptors (Lipinski definition) is 6. The minimum Gasteiger partial charge on any atom is -0.341 e. The van der Waals surface area contributed by atoms with Gasteiger partial charge in [0.2, 0.25) is 11.9 Å². The number of anilines is 1. The largest absolute Gasteiger partial charge is 0.341 e. The summed E-state index contributed by atoms with van der Waals surface area (Å²) in [5.74, 6) is 1.56. The van der Waals surface area contributed by atoms with Gasteiger partial charge in [-0.1, -0.05) is 0 Å². The van der Waals surface area contributed by atoms with Crippen LogP contribution < -0.4 is 4.90 Å². The van der Waals surface area contributed by atoms with E-state index in [2.05, 4.69) is 34.2 Å². The molecule has 8 nitrogen and oxygen atoms in total. The lowest BCUT2D eigenvalue weighted by molar-refractivity contribution is -0.134. The van der Waals surface area contributed by atoms with Crippen molar-refractivity contribution in [2.24, 2.45) is 5.92 Å². The zero-order chi connectivity index (χ0) is 18.5. The van der Waals surface area contributed by atoms with Crippen molar-refractivity contribution in [1.82, 2.24) is 29.3 Å². The van der Waals surface area contributed by atoms with Crippen molar-refractivity contribution in [2.75, 3.05) is 50.7 Å². The van der Waals surface area contributed by atoms with Crippen LogP contribution in [-0.4, -0.2) is 81.0 Å². The van der Waals surface area contributed by atoms with Gasteiger partial charge in [-0.25, -0.2) is 15.0 Å².